The van der Waals surface area contributed by atoms with Gasteiger partial charge < -0.3 is 10.8 Å². The molecule has 0 radical (unpaired) electrons. The second-order valence-electron chi connectivity index (χ2n) is 3.57. The highest BCUT2D eigenvalue weighted by Crippen LogP contribution is 2.18. The Morgan fingerprint density at radius 1 is 1.23 bits per heavy atom. The standard InChI is InChI=1S/C11H17NO/c1-7-4-10(11(12)6-13)5-8(2)9(7)3/h4-5,11,13H,6,12H2,1-3H3. The molecule has 0 bridgehead atoms. The van der Waals surface area contributed by atoms with Crippen molar-refractivity contribution in [2.24, 2.45) is 5.73 Å². The molecular formula is C11H17NO. The van der Waals surface area contributed by atoms with Crippen LogP contribution in [0.1, 0.15) is 28.3 Å². The van der Waals surface area contributed by atoms with Crippen molar-refractivity contribution in [3.05, 3.63) is 34.4 Å². The van der Waals surface area contributed by atoms with Crippen LogP contribution < -0.4 is 5.73 Å². The summed E-state index contributed by atoms with van der Waals surface area (Å²) in [5.41, 5.74) is 10.5. The molecular weight excluding hydrogens is 162 g/mol. The predicted octanol–water partition coefficient (Wildman–Crippen LogP) is 1.60. The van der Waals surface area contributed by atoms with E-state index in [2.05, 4.69) is 20.8 Å². The van der Waals surface area contributed by atoms with Gasteiger partial charge in [0, 0.05) is 0 Å². The number of aryl methyl sites for hydroxylation is 2. The quantitative estimate of drug-likeness (QED) is 0.724. The van der Waals surface area contributed by atoms with Crippen molar-refractivity contribution in [3.63, 3.8) is 0 Å². The van der Waals surface area contributed by atoms with E-state index in [9.17, 15) is 0 Å². The van der Waals surface area contributed by atoms with Crippen LogP contribution in [0.4, 0.5) is 0 Å². The Balaban J connectivity index is 3.13. The maximum atomic E-state index is 8.91. The van der Waals surface area contributed by atoms with Gasteiger partial charge in [0.2, 0.25) is 0 Å². The molecule has 1 rings (SSSR count). The Morgan fingerprint density at radius 3 is 2.08 bits per heavy atom. The summed E-state index contributed by atoms with van der Waals surface area (Å²) in [6.07, 6.45) is 0. The van der Waals surface area contributed by atoms with E-state index >= 15 is 0 Å². The maximum absolute atomic E-state index is 8.91. The van der Waals surface area contributed by atoms with E-state index in [0.717, 1.165) is 5.56 Å². The first-order valence-electron chi connectivity index (χ1n) is 4.50. The van der Waals surface area contributed by atoms with Crippen LogP contribution in [0, 0.1) is 20.8 Å². The van der Waals surface area contributed by atoms with E-state index in [0.29, 0.717) is 0 Å². The summed E-state index contributed by atoms with van der Waals surface area (Å²) in [7, 11) is 0. The van der Waals surface area contributed by atoms with E-state index in [1.165, 1.54) is 16.7 Å². The Bertz CT molecular complexity index is 284. The number of benzene rings is 1. The summed E-state index contributed by atoms with van der Waals surface area (Å²) in [6.45, 7) is 6.23. The van der Waals surface area contributed by atoms with Gasteiger partial charge >= 0.3 is 0 Å². The van der Waals surface area contributed by atoms with Crippen molar-refractivity contribution in [3.8, 4) is 0 Å². The van der Waals surface area contributed by atoms with E-state index in [4.69, 9.17) is 10.8 Å². The molecule has 72 valence electrons. The molecule has 0 heterocycles. The zero-order valence-corrected chi connectivity index (χ0v) is 8.46. The van der Waals surface area contributed by atoms with Crippen molar-refractivity contribution < 1.29 is 5.11 Å². The van der Waals surface area contributed by atoms with Gasteiger partial charge in [0.1, 0.15) is 0 Å². The van der Waals surface area contributed by atoms with Crippen LogP contribution in [0.15, 0.2) is 12.1 Å². The normalized spacial score (nSPS) is 13.0. The van der Waals surface area contributed by atoms with Gasteiger partial charge in [0.25, 0.3) is 0 Å². The monoisotopic (exact) mass is 179 g/mol. The topological polar surface area (TPSA) is 46.2 Å². The third kappa shape index (κ3) is 2.08. The number of hydrogen-bond donors (Lipinski definition) is 2. The number of hydrogen-bond acceptors (Lipinski definition) is 2. The highest BCUT2D eigenvalue weighted by molar-refractivity contribution is 5.38. The van der Waals surface area contributed by atoms with Crippen LogP contribution in [0.25, 0.3) is 0 Å². The SMILES string of the molecule is Cc1cc(C(N)CO)cc(C)c1C. The molecule has 1 atom stereocenters. The van der Waals surface area contributed by atoms with Crippen molar-refractivity contribution in [2.45, 2.75) is 26.8 Å². The van der Waals surface area contributed by atoms with E-state index in [-0.39, 0.29) is 12.6 Å². The van der Waals surface area contributed by atoms with Gasteiger partial charge in [-0.05, 0) is 43.0 Å². The molecule has 2 heteroatoms. The minimum absolute atomic E-state index is 0.00193. The minimum atomic E-state index is -0.252. The van der Waals surface area contributed by atoms with Gasteiger partial charge in [-0.25, -0.2) is 0 Å². The zero-order valence-electron chi connectivity index (χ0n) is 8.46. The zero-order chi connectivity index (χ0) is 10.0. The van der Waals surface area contributed by atoms with Gasteiger partial charge in [-0.1, -0.05) is 12.1 Å². The van der Waals surface area contributed by atoms with Crippen LogP contribution in [-0.2, 0) is 0 Å². The van der Waals surface area contributed by atoms with E-state index < -0.39 is 0 Å². The molecule has 1 aromatic rings. The molecule has 0 aliphatic heterocycles. The molecule has 0 saturated carbocycles. The highest BCUT2D eigenvalue weighted by Gasteiger charge is 2.06. The van der Waals surface area contributed by atoms with Gasteiger partial charge in [-0.2, -0.15) is 0 Å². The number of nitrogens with two attached hydrogens (primary N) is 1. The second-order valence-corrected chi connectivity index (χ2v) is 3.57. The maximum Gasteiger partial charge on any atom is 0.0624 e. The summed E-state index contributed by atoms with van der Waals surface area (Å²) < 4.78 is 0. The van der Waals surface area contributed by atoms with Crippen molar-refractivity contribution >= 4 is 0 Å². The average Bonchev–Trinajstić information content (AvgIpc) is 2.12. The predicted molar refractivity (Wildman–Crippen MR) is 54.7 cm³/mol. The van der Waals surface area contributed by atoms with E-state index in [1.54, 1.807) is 0 Å². The van der Waals surface area contributed by atoms with E-state index in [1.807, 2.05) is 12.1 Å². The Labute approximate surface area is 79.4 Å². The number of aliphatic hydroxyl groups excluding tert-OH is 1. The minimum Gasteiger partial charge on any atom is -0.394 e. The first-order valence-corrected chi connectivity index (χ1v) is 4.50. The van der Waals surface area contributed by atoms with Crippen molar-refractivity contribution in [1.82, 2.24) is 0 Å². The van der Waals surface area contributed by atoms with Gasteiger partial charge in [0.15, 0.2) is 0 Å². The van der Waals surface area contributed by atoms with Crippen molar-refractivity contribution in [2.75, 3.05) is 6.61 Å². The molecule has 0 aliphatic rings. The summed E-state index contributed by atoms with van der Waals surface area (Å²) >= 11 is 0. The lowest BCUT2D eigenvalue weighted by Gasteiger charge is -2.13. The molecule has 0 fully saturated rings. The molecule has 1 aromatic carbocycles. The number of aliphatic hydroxyl groups is 1. The number of rotatable bonds is 2. The van der Waals surface area contributed by atoms with Crippen LogP contribution in [-0.4, -0.2) is 11.7 Å². The van der Waals surface area contributed by atoms with Crippen LogP contribution in [0.2, 0.25) is 0 Å². The third-order valence-electron chi connectivity index (χ3n) is 2.57. The Kier molecular flexibility index (Phi) is 3.07. The summed E-state index contributed by atoms with van der Waals surface area (Å²) in [5, 5.41) is 8.91. The molecule has 0 aromatic heterocycles. The first kappa shape index (κ1) is 10.2. The van der Waals surface area contributed by atoms with Crippen LogP contribution >= 0.6 is 0 Å². The molecule has 0 amide bonds. The van der Waals surface area contributed by atoms with Gasteiger partial charge in [-0.3, -0.25) is 0 Å². The molecule has 1 unspecified atom stereocenters. The highest BCUT2D eigenvalue weighted by atomic mass is 16.3. The van der Waals surface area contributed by atoms with Crippen molar-refractivity contribution in [1.29, 1.82) is 0 Å². The summed E-state index contributed by atoms with van der Waals surface area (Å²) in [6, 6.07) is 3.84. The lowest BCUT2D eigenvalue weighted by atomic mass is 9.97. The largest absolute Gasteiger partial charge is 0.394 e. The Morgan fingerprint density at radius 2 is 1.69 bits per heavy atom. The molecule has 0 saturated heterocycles. The fourth-order valence-electron chi connectivity index (χ4n) is 1.39. The van der Waals surface area contributed by atoms with Gasteiger partial charge in [0.05, 0.1) is 12.6 Å². The van der Waals surface area contributed by atoms with Gasteiger partial charge in [-0.15, -0.1) is 0 Å². The molecule has 0 spiro atoms. The van der Waals surface area contributed by atoms with Crippen LogP contribution in [0.3, 0.4) is 0 Å². The average molecular weight is 179 g/mol. The molecule has 3 N–H and O–H groups in total. The lowest BCUT2D eigenvalue weighted by Crippen LogP contribution is -2.15. The Hall–Kier alpha value is -0.860. The molecule has 2 nitrogen and oxygen atoms in total. The first-order chi connectivity index (χ1) is 6.06. The summed E-state index contributed by atoms with van der Waals surface area (Å²) in [4.78, 5) is 0. The smallest absolute Gasteiger partial charge is 0.0624 e. The molecule has 13 heavy (non-hydrogen) atoms. The summed E-state index contributed by atoms with van der Waals surface area (Å²) in [5.74, 6) is 0. The third-order valence-corrected chi connectivity index (χ3v) is 2.57. The van der Waals surface area contributed by atoms with Crippen LogP contribution in [0.5, 0.6) is 0 Å². The second kappa shape index (κ2) is 3.90. The lowest BCUT2D eigenvalue weighted by molar-refractivity contribution is 0.268. The fourth-order valence-corrected chi connectivity index (χ4v) is 1.39. The fraction of sp³-hybridized carbons (Fsp3) is 0.455. The molecule has 0 aliphatic carbocycles.